The zero-order valence-corrected chi connectivity index (χ0v) is 33.1. The van der Waals surface area contributed by atoms with E-state index in [0.29, 0.717) is 25.8 Å². The minimum Gasteiger partial charge on any atom is -0.453 e. The molecule has 0 radical (unpaired) electrons. The molecule has 1 saturated heterocycles. The molecule has 308 valence electrons. The van der Waals surface area contributed by atoms with Crippen molar-refractivity contribution in [1.82, 2.24) is 36.8 Å². The Hall–Kier alpha value is -4.44. The second-order valence-electron chi connectivity index (χ2n) is 16.5. The lowest BCUT2D eigenvalue weighted by Crippen LogP contribution is -2.63. The normalized spacial score (nSPS) is 23.2. The van der Waals surface area contributed by atoms with Gasteiger partial charge in [0.15, 0.2) is 0 Å². The molecular weight excluding hydrogens is 714 g/mol. The van der Waals surface area contributed by atoms with Gasteiger partial charge in [-0.2, -0.15) is 0 Å². The number of ketones is 1. The zero-order valence-electron chi connectivity index (χ0n) is 33.1. The standard InChI is InChI=1S/C38H61N7O10/c1-7-12-25(29(46)34(50)40-23-17-18-23)41-33(49)28-24-16-11-15-22(24)20-45(28)35(51)30(38(2,3)4)44-32(48)27(21-13-9-8-10-14-21)43-31(47)26(42-37(53)55-6)19-39-36(52)54-5/h21-28,30H,7-20H2,1-6H3,(H,39,52)(H,40,50)(H,41,49)(H,42,53)(H,43,47)(H,44,48)/t22-,24-,25-,26-,27-,28-,30+/m0/s1. The minimum atomic E-state index is -1.32. The van der Waals surface area contributed by atoms with Crippen LogP contribution in [-0.4, -0.2) is 116 Å². The first-order valence-corrected chi connectivity index (χ1v) is 19.8. The maximum Gasteiger partial charge on any atom is 0.407 e. The van der Waals surface area contributed by atoms with E-state index in [-0.39, 0.29) is 36.8 Å². The number of ether oxygens (including phenoxy) is 2. The van der Waals surface area contributed by atoms with Gasteiger partial charge in [0.1, 0.15) is 24.2 Å². The van der Waals surface area contributed by atoms with Gasteiger partial charge in [0, 0.05) is 12.6 Å². The average molecular weight is 776 g/mol. The van der Waals surface area contributed by atoms with Gasteiger partial charge in [-0.3, -0.25) is 28.8 Å². The lowest BCUT2D eigenvalue weighted by atomic mass is 9.82. The summed E-state index contributed by atoms with van der Waals surface area (Å²) in [4.78, 5) is 108. The molecule has 4 fully saturated rings. The van der Waals surface area contributed by atoms with E-state index < -0.39 is 83.1 Å². The number of methoxy groups -OCH3 is 2. The lowest BCUT2D eigenvalue weighted by molar-refractivity contribution is -0.146. The largest absolute Gasteiger partial charge is 0.453 e. The third-order valence-corrected chi connectivity index (χ3v) is 11.3. The number of rotatable bonds is 16. The number of fused-ring (bicyclic) bond motifs is 1. The first-order chi connectivity index (χ1) is 26.1. The fraction of sp³-hybridized carbons (Fsp3) is 0.789. The molecule has 0 aromatic rings. The van der Waals surface area contributed by atoms with Gasteiger partial charge >= 0.3 is 12.2 Å². The van der Waals surface area contributed by atoms with Crippen molar-refractivity contribution in [1.29, 1.82) is 0 Å². The summed E-state index contributed by atoms with van der Waals surface area (Å²) in [6.07, 6.45) is 7.01. The molecule has 0 aromatic carbocycles. The molecule has 1 aliphatic heterocycles. The lowest BCUT2D eigenvalue weighted by Gasteiger charge is -2.38. The highest BCUT2D eigenvalue weighted by Crippen LogP contribution is 2.43. The molecule has 3 aliphatic carbocycles. The van der Waals surface area contributed by atoms with Gasteiger partial charge in [-0.05, 0) is 68.1 Å². The molecule has 0 aromatic heterocycles. The highest BCUT2D eigenvalue weighted by atomic mass is 16.5. The minimum absolute atomic E-state index is 0.0197. The van der Waals surface area contributed by atoms with Crippen LogP contribution in [0.2, 0.25) is 0 Å². The molecule has 4 rings (SSSR count). The maximum atomic E-state index is 14.7. The van der Waals surface area contributed by atoms with Crippen LogP contribution in [0.4, 0.5) is 9.59 Å². The summed E-state index contributed by atoms with van der Waals surface area (Å²) in [5, 5.41) is 16.0. The number of amides is 7. The summed E-state index contributed by atoms with van der Waals surface area (Å²) in [5.74, 6) is -4.10. The fourth-order valence-corrected chi connectivity index (χ4v) is 8.16. The Morgan fingerprint density at radius 1 is 0.745 bits per heavy atom. The Morgan fingerprint density at radius 2 is 1.42 bits per heavy atom. The molecule has 4 aliphatic rings. The number of likely N-dealkylation sites (tertiary alicyclic amines) is 1. The smallest absolute Gasteiger partial charge is 0.407 e. The molecule has 7 atom stereocenters. The zero-order chi connectivity index (χ0) is 40.4. The van der Waals surface area contributed by atoms with Crippen LogP contribution in [0, 0.1) is 23.2 Å². The molecule has 55 heavy (non-hydrogen) atoms. The van der Waals surface area contributed by atoms with Crippen molar-refractivity contribution in [2.75, 3.05) is 27.3 Å². The molecule has 6 N–H and O–H groups in total. The van der Waals surface area contributed by atoms with Crippen molar-refractivity contribution < 1.29 is 47.8 Å². The number of hydrogen-bond donors (Lipinski definition) is 6. The predicted octanol–water partition coefficient (Wildman–Crippen LogP) is 1.42. The van der Waals surface area contributed by atoms with Crippen LogP contribution in [0.15, 0.2) is 0 Å². The van der Waals surface area contributed by atoms with E-state index >= 15 is 0 Å². The van der Waals surface area contributed by atoms with Gasteiger partial charge in [-0.15, -0.1) is 0 Å². The number of hydrogen-bond acceptors (Lipinski definition) is 10. The van der Waals surface area contributed by atoms with E-state index in [0.717, 1.165) is 65.6 Å². The molecular formula is C38H61N7O10. The van der Waals surface area contributed by atoms with E-state index in [2.05, 4.69) is 41.4 Å². The number of nitrogens with zero attached hydrogens (tertiary/aromatic N) is 1. The van der Waals surface area contributed by atoms with Gasteiger partial charge in [-0.1, -0.05) is 59.8 Å². The van der Waals surface area contributed by atoms with Crippen LogP contribution in [-0.2, 0) is 38.2 Å². The molecule has 0 unspecified atom stereocenters. The number of carbonyl (C=O) groups is 8. The topological polar surface area (TPSA) is 230 Å². The third-order valence-electron chi connectivity index (χ3n) is 11.3. The predicted molar refractivity (Wildman–Crippen MR) is 199 cm³/mol. The van der Waals surface area contributed by atoms with Gasteiger partial charge in [0.05, 0.1) is 26.8 Å². The molecule has 3 saturated carbocycles. The third kappa shape index (κ3) is 11.5. The summed E-state index contributed by atoms with van der Waals surface area (Å²) >= 11 is 0. The number of carbonyl (C=O) groups excluding carboxylic acids is 8. The van der Waals surface area contributed by atoms with Crippen LogP contribution in [0.25, 0.3) is 0 Å². The SMILES string of the molecule is CCC[C@H](NC(=O)[C@@H]1[C@H]2CCC[C@H]2CN1C(=O)[C@@H](NC(=O)[C@@H](NC(=O)[C@H](CNC(=O)OC)NC(=O)OC)C1CCCCC1)C(C)(C)C)C(=O)C(=O)NC1CC1. The summed E-state index contributed by atoms with van der Waals surface area (Å²) in [7, 11) is 2.28. The fourth-order valence-electron chi connectivity index (χ4n) is 8.16. The van der Waals surface area contributed by atoms with Crippen molar-refractivity contribution in [3.05, 3.63) is 0 Å². The first-order valence-electron chi connectivity index (χ1n) is 19.8. The second kappa shape index (κ2) is 19.4. The van der Waals surface area contributed by atoms with E-state index in [1.807, 2.05) is 6.92 Å². The molecule has 17 nitrogen and oxygen atoms in total. The van der Waals surface area contributed by atoms with Crippen LogP contribution >= 0.6 is 0 Å². The van der Waals surface area contributed by atoms with E-state index in [1.165, 1.54) is 4.90 Å². The van der Waals surface area contributed by atoms with Crippen LogP contribution in [0.5, 0.6) is 0 Å². The van der Waals surface area contributed by atoms with Gasteiger partial charge in [-0.25, -0.2) is 9.59 Å². The highest BCUT2D eigenvalue weighted by Gasteiger charge is 2.52. The van der Waals surface area contributed by atoms with Crippen LogP contribution in [0.1, 0.15) is 105 Å². The van der Waals surface area contributed by atoms with E-state index in [9.17, 15) is 38.4 Å². The Balaban J connectivity index is 1.57. The van der Waals surface area contributed by atoms with E-state index in [4.69, 9.17) is 0 Å². The van der Waals surface area contributed by atoms with Gasteiger partial charge in [0.2, 0.25) is 29.4 Å². The van der Waals surface area contributed by atoms with Crippen molar-refractivity contribution in [2.45, 2.75) is 141 Å². The highest BCUT2D eigenvalue weighted by molar-refractivity contribution is 6.38. The van der Waals surface area contributed by atoms with E-state index in [1.54, 1.807) is 20.8 Å². The summed E-state index contributed by atoms with van der Waals surface area (Å²) in [5.41, 5.74) is -0.840. The number of alkyl carbamates (subject to hydrolysis) is 2. The average Bonchev–Trinajstić information content (AvgIpc) is 3.72. The Kier molecular flexibility index (Phi) is 15.3. The maximum absolute atomic E-state index is 14.7. The second-order valence-corrected chi connectivity index (χ2v) is 16.5. The van der Waals surface area contributed by atoms with Crippen molar-refractivity contribution in [3.63, 3.8) is 0 Å². The number of nitrogens with one attached hydrogen (secondary N) is 6. The Labute approximate surface area is 323 Å². The van der Waals surface area contributed by atoms with Crippen LogP contribution in [0.3, 0.4) is 0 Å². The molecule has 0 spiro atoms. The molecule has 7 amide bonds. The quantitative estimate of drug-likeness (QED) is 0.124. The summed E-state index contributed by atoms with van der Waals surface area (Å²) in [6, 6.07) is -5.48. The first kappa shape index (κ1) is 43.3. The Morgan fingerprint density at radius 3 is 2.02 bits per heavy atom. The Bertz CT molecular complexity index is 1440. The van der Waals surface area contributed by atoms with Gasteiger partial charge in [0.25, 0.3) is 5.91 Å². The van der Waals surface area contributed by atoms with Crippen molar-refractivity contribution in [2.24, 2.45) is 23.2 Å². The summed E-state index contributed by atoms with van der Waals surface area (Å²) in [6.45, 7) is 7.22. The van der Waals surface area contributed by atoms with Crippen LogP contribution < -0.4 is 31.9 Å². The monoisotopic (exact) mass is 775 g/mol. The van der Waals surface area contributed by atoms with Gasteiger partial charge < -0.3 is 46.3 Å². The van der Waals surface area contributed by atoms with Crippen molar-refractivity contribution >= 4 is 47.5 Å². The molecule has 17 heteroatoms. The molecule has 0 bridgehead atoms. The molecule has 1 heterocycles. The summed E-state index contributed by atoms with van der Waals surface area (Å²) < 4.78 is 9.26. The van der Waals surface area contributed by atoms with Crippen molar-refractivity contribution in [3.8, 4) is 0 Å². The number of Topliss-reactive ketones (excluding diaryl/α,β-unsaturated/α-hetero) is 1.